The van der Waals surface area contributed by atoms with Crippen molar-refractivity contribution in [1.29, 1.82) is 0 Å². The molecule has 2 aliphatic rings. The summed E-state index contributed by atoms with van der Waals surface area (Å²) < 4.78 is 17.2. The largest absolute Gasteiger partial charge is 0.493 e. The first-order chi connectivity index (χ1) is 9.28. The van der Waals surface area contributed by atoms with Gasteiger partial charge in [0.05, 0.1) is 14.2 Å². The Balaban J connectivity index is 1.97. The third-order valence-corrected chi connectivity index (χ3v) is 4.26. The number of methoxy groups -OCH3 is 2. The Labute approximate surface area is 114 Å². The van der Waals surface area contributed by atoms with Crippen LogP contribution in [0.4, 0.5) is 0 Å². The maximum atomic E-state index is 6.38. The van der Waals surface area contributed by atoms with Gasteiger partial charge < -0.3 is 19.5 Å². The molecule has 0 bridgehead atoms. The van der Waals surface area contributed by atoms with Gasteiger partial charge in [-0.25, -0.2) is 0 Å². The summed E-state index contributed by atoms with van der Waals surface area (Å²) in [5, 5.41) is 3.40. The Morgan fingerprint density at radius 3 is 2.58 bits per heavy atom. The Kier molecular flexibility index (Phi) is 3.27. The lowest BCUT2D eigenvalue weighted by atomic mass is 9.83. The highest BCUT2D eigenvalue weighted by molar-refractivity contribution is 5.56. The summed E-state index contributed by atoms with van der Waals surface area (Å²) in [6.45, 7) is 2.06. The summed E-state index contributed by atoms with van der Waals surface area (Å²) in [6.07, 6.45) is 4.27. The van der Waals surface area contributed by atoms with Crippen molar-refractivity contribution in [1.82, 2.24) is 5.32 Å². The molecule has 2 aliphatic heterocycles. The van der Waals surface area contributed by atoms with Crippen molar-refractivity contribution in [2.24, 2.45) is 0 Å². The first-order valence-electron chi connectivity index (χ1n) is 6.91. The number of fused-ring (bicyclic) bond motifs is 1. The molecular weight excluding hydrogens is 242 g/mol. The van der Waals surface area contributed by atoms with E-state index in [2.05, 4.69) is 11.4 Å². The molecule has 0 amide bonds. The third-order valence-electron chi connectivity index (χ3n) is 4.26. The SMILES string of the molecule is COc1ccc2c(c1OC)OC1(CCNCC1)CC2. The van der Waals surface area contributed by atoms with Crippen molar-refractivity contribution < 1.29 is 14.2 Å². The second kappa shape index (κ2) is 4.93. The molecule has 1 saturated heterocycles. The number of aryl methyl sites for hydroxylation is 1. The zero-order valence-electron chi connectivity index (χ0n) is 11.6. The van der Waals surface area contributed by atoms with Crippen LogP contribution in [0.25, 0.3) is 0 Å². The molecule has 0 saturated carbocycles. The highest BCUT2D eigenvalue weighted by atomic mass is 16.5. The van der Waals surface area contributed by atoms with Crippen LogP contribution in [0.5, 0.6) is 17.2 Å². The van der Waals surface area contributed by atoms with Crippen molar-refractivity contribution in [3.8, 4) is 17.2 Å². The van der Waals surface area contributed by atoms with Crippen LogP contribution in [0.3, 0.4) is 0 Å². The fourth-order valence-electron chi connectivity index (χ4n) is 3.11. The van der Waals surface area contributed by atoms with Gasteiger partial charge in [-0.1, -0.05) is 6.07 Å². The molecule has 4 nitrogen and oxygen atoms in total. The minimum absolute atomic E-state index is 0.0160. The van der Waals surface area contributed by atoms with Crippen LogP contribution in [-0.2, 0) is 6.42 Å². The monoisotopic (exact) mass is 263 g/mol. The maximum Gasteiger partial charge on any atom is 0.203 e. The average Bonchev–Trinajstić information content (AvgIpc) is 2.46. The van der Waals surface area contributed by atoms with Crippen LogP contribution in [0.1, 0.15) is 24.8 Å². The van der Waals surface area contributed by atoms with Crippen molar-refractivity contribution in [3.63, 3.8) is 0 Å². The van der Waals surface area contributed by atoms with Crippen LogP contribution >= 0.6 is 0 Å². The number of hydrogen-bond acceptors (Lipinski definition) is 4. The zero-order chi connectivity index (χ0) is 13.3. The summed E-state index contributed by atoms with van der Waals surface area (Å²) in [4.78, 5) is 0. The molecule has 1 spiro atoms. The highest BCUT2D eigenvalue weighted by Crippen LogP contribution is 2.47. The lowest BCUT2D eigenvalue weighted by molar-refractivity contribution is 0.0141. The van der Waals surface area contributed by atoms with E-state index < -0.39 is 0 Å². The van der Waals surface area contributed by atoms with Gasteiger partial charge >= 0.3 is 0 Å². The molecule has 104 valence electrons. The summed E-state index contributed by atoms with van der Waals surface area (Å²) in [5.41, 5.74) is 1.21. The molecule has 4 heteroatoms. The van der Waals surface area contributed by atoms with E-state index in [1.54, 1.807) is 14.2 Å². The molecule has 3 rings (SSSR count). The predicted molar refractivity (Wildman–Crippen MR) is 73.3 cm³/mol. The molecule has 0 aliphatic carbocycles. The summed E-state index contributed by atoms with van der Waals surface area (Å²) in [7, 11) is 3.33. The molecule has 1 N–H and O–H groups in total. The van der Waals surface area contributed by atoms with E-state index in [4.69, 9.17) is 14.2 Å². The van der Waals surface area contributed by atoms with Gasteiger partial charge in [-0.2, -0.15) is 0 Å². The van der Waals surface area contributed by atoms with Crippen molar-refractivity contribution in [3.05, 3.63) is 17.7 Å². The van der Waals surface area contributed by atoms with E-state index >= 15 is 0 Å². The number of nitrogens with one attached hydrogen (secondary N) is 1. The van der Waals surface area contributed by atoms with Gasteiger partial charge in [0.1, 0.15) is 5.60 Å². The van der Waals surface area contributed by atoms with Gasteiger partial charge in [0.15, 0.2) is 11.5 Å². The van der Waals surface area contributed by atoms with Gasteiger partial charge in [-0.05, 0) is 50.4 Å². The average molecular weight is 263 g/mol. The van der Waals surface area contributed by atoms with E-state index in [9.17, 15) is 0 Å². The zero-order valence-corrected chi connectivity index (χ0v) is 11.6. The smallest absolute Gasteiger partial charge is 0.203 e. The first-order valence-corrected chi connectivity index (χ1v) is 6.91. The standard InChI is InChI=1S/C15H21NO3/c1-17-12-4-3-11-5-6-15(7-9-16-10-8-15)19-13(11)14(12)18-2/h3-4,16H,5-10H2,1-2H3. The van der Waals surface area contributed by atoms with Gasteiger partial charge in [0, 0.05) is 0 Å². The van der Waals surface area contributed by atoms with Crippen LogP contribution < -0.4 is 19.5 Å². The van der Waals surface area contributed by atoms with E-state index in [-0.39, 0.29) is 5.60 Å². The lowest BCUT2D eigenvalue weighted by Crippen LogP contribution is -2.48. The molecule has 1 aromatic carbocycles. The summed E-state index contributed by atoms with van der Waals surface area (Å²) >= 11 is 0. The van der Waals surface area contributed by atoms with Crippen LogP contribution in [0.2, 0.25) is 0 Å². The minimum Gasteiger partial charge on any atom is -0.493 e. The number of ether oxygens (including phenoxy) is 3. The quantitative estimate of drug-likeness (QED) is 0.887. The van der Waals surface area contributed by atoms with Crippen molar-refractivity contribution in [2.75, 3.05) is 27.3 Å². The van der Waals surface area contributed by atoms with Gasteiger partial charge in [-0.15, -0.1) is 0 Å². The van der Waals surface area contributed by atoms with E-state index in [0.29, 0.717) is 0 Å². The maximum absolute atomic E-state index is 6.38. The molecule has 0 atom stereocenters. The Hall–Kier alpha value is -1.42. The highest BCUT2D eigenvalue weighted by Gasteiger charge is 2.39. The Bertz CT molecular complexity index is 467. The van der Waals surface area contributed by atoms with E-state index in [0.717, 1.165) is 56.0 Å². The third kappa shape index (κ3) is 2.14. The van der Waals surface area contributed by atoms with Crippen LogP contribution in [0.15, 0.2) is 12.1 Å². The fourth-order valence-corrected chi connectivity index (χ4v) is 3.11. The van der Waals surface area contributed by atoms with Crippen LogP contribution in [0, 0.1) is 0 Å². The Morgan fingerprint density at radius 2 is 1.89 bits per heavy atom. The summed E-state index contributed by atoms with van der Waals surface area (Å²) in [5.74, 6) is 2.36. The topological polar surface area (TPSA) is 39.7 Å². The van der Waals surface area contributed by atoms with Gasteiger partial charge in [0.2, 0.25) is 5.75 Å². The number of benzene rings is 1. The molecule has 0 radical (unpaired) electrons. The van der Waals surface area contributed by atoms with E-state index in [1.807, 2.05) is 6.07 Å². The first kappa shape index (κ1) is 12.6. The molecule has 19 heavy (non-hydrogen) atoms. The number of piperidine rings is 1. The van der Waals surface area contributed by atoms with Gasteiger partial charge in [-0.3, -0.25) is 0 Å². The van der Waals surface area contributed by atoms with Crippen molar-refractivity contribution in [2.45, 2.75) is 31.3 Å². The second-order valence-electron chi connectivity index (χ2n) is 5.32. The number of hydrogen-bond donors (Lipinski definition) is 1. The molecule has 0 aromatic heterocycles. The summed E-state index contributed by atoms with van der Waals surface area (Å²) in [6, 6.07) is 4.05. The van der Waals surface area contributed by atoms with Crippen LogP contribution in [-0.4, -0.2) is 32.9 Å². The molecule has 1 fully saturated rings. The van der Waals surface area contributed by atoms with E-state index in [1.165, 1.54) is 5.56 Å². The predicted octanol–water partition coefficient (Wildman–Crippen LogP) is 2.15. The molecular formula is C15H21NO3. The second-order valence-corrected chi connectivity index (χ2v) is 5.32. The minimum atomic E-state index is -0.0160. The fraction of sp³-hybridized carbons (Fsp3) is 0.600. The molecule has 1 aromatic rings. The Morgan fingerprint density at radius 1 is 1.11 bits per heavy atom. The lowest BCUT2D eigenvalue weighted by Gasteiger charge is -2.42. The molecule has 2 heterocycles. The molecule has 0 unspecified atom stereocenters. The van der Waals surface area contributed by atoms with Crippen molar-refractivity contribution >= 4 is 0 Å². The normalized spacial score (nSPS) is 20.5. The van der Waals surface area contributed by atoms with Gasteiger partial charge in [0.25, 0.3) is 0 Å². The number of rotatable bonds is 2.